The summed E-state index contributed by atoms with van der Waals surface area (Å²) >= 11 is 0. The molecule has 0 bridgehead atoms. The molecule has 1 heterocycles. The largest absolute Gasteiger partial charge is 0.350 e. The number of hydrogen-bond donors (Lipinski definition) is 1. The number of fused-ring (bicyclic) bond motifs is 1. The Hall–Kier alpha value is -2.71. The molecule has 8 heteroatoms. The highest BCUT2D eigenvalue weighted by Crippen LogP contribution is 2.35. The van der Waals surface area contributed by atoms with Crippen LogP contribution in [0, 0.1) is 6.92 Å². The van der Waals surface area contributed by atoms with Gasteiger partial charge in [0.15, 0.2) is 0 Å². The number of rotatable bonds is 7. The van der Waals surface area contributed by atoms with Crippen molar-refractivity contribution in [1.29, 1.82) is 0 Å². The zero-order chi connectivity index (χ0) is 22.8. The number of amides is 2. The molecule has 1 atom stereocenters. The number of carbonyl (C=O) groups excluding carboxylic acids is 2. The SMILES string of the molecule is CCN(CC)S(=O)(=O)c1ccc2c(c1)C[C@H](C(=O)NCc1ccccc1C)N2C(C)=O. The minimum atomic E-state index is -3.62. The van der Waals surface area contributed by atoms with Crippen molar-refractivity contribution in [3.05, 3.63) is 59.2 Å². The number of nitrogens with one attached hydrogen (secondary N) is 1. The fourth-order valence-corrected chi connectivity index (χ4v) is 5.52. The molecule has 0 unspecified atom stereocenters. The lowest BCUT2D eigenvalue weighted by molar-refractivity contribution is -0.125. The van der Waals surface area contributed by atoms with Crippen molar-refractivity contribution >= 4 is 27.5 Å². The van der Waals surface area contributed by atoms with Crippen LogP contribution in [-0.4, -0.2) is 43.7 Å². The highest BCUT2D eigenvalue weighted by molar-refractivity contribution is 7.89. The van der Waals surface area contributed by atoms with Gasteiger partial charge in [-0.2, -0.15) is 4.31 Å². The van der Waals surface area contributed by atoms with Crippen LogP contribution in [0.5, 0.6) is 0 Å². The van der Waals surface area contributed by atoms with Crippen molar-refractivity contribution < 1.29 is 18.0 Å². The van der Waals surface area contributed by atoms with Crippen LogP contribution in [-0.2, 0) is 32.6 Å². The van der Waals surface area contributed by atoms with Gasteiger partial charge in [-0.3, -0.25) is 14.5 Å². The normalized spacial score (nSPS) is 15.8. The third-order valence-electron chi connectivity index (χ3n) is 5.73. The first-order chi connectivity index (χ1) is 14.7. The van der Waals surface area contributed by atoms with Gasteiger partial charge >= 0.3 is 0 Å². The van der Waals surface area contributed by atoms with Crippen LogP contribution in [0.15, 0.2) is 47.4 Å². The number of benzene rings is 2. The van der Waals surface area contributed by atoms with E-state index in [1.807, 2.05) is 31.2 Å². The highest BCUT2D eigenvalue weighted by atomic mass is 32.2. The van der Waals surface area contributed by atoms with Crippen molar-refractivity contribution in [2.75, 3.05) is 18.0 Å². The maximum atomic E-state index is 13.0. The molecule has 0 spiro atoms. The zero-order valence-electron chi connectivity index (χ0n) is 18.4. The molecule has 0 saturated carbocycles. The summed E-state index contributed by atoms with van der Waals surface area (Å²) in [6.45, 7) is 8.09. The summed E-state index contributed by atoms with van der Waals surface area (Å²) in [6.07, 6.45) is 0.274. The van der Waals surface area contributed by atoms with Gasteiger partial charge in [0, 0.05) is 38.7 Å². The predicted octanol–water partition coefficient (Wildman–Crippen LogP) is 2.62. The van der Waals surface area contributed by atoms with Crippen LogP contribution in [0.2, 0.25) is 0 Å². The van der Waals surface area contributed by atoms with Crippen LogP contribution < -0.4 is 10.2 Å². The third kappa shape index (κ3) is 4.50. The van der Waals surface area contributed by atoms with Gasteiger partial charge in [0.05, 0.1) is 4.90 Å². The number of sulfonamides is 1. The first kappa shape index (κ1) is 23.0. The Morgan fingerprint density at radius 1 is 1.13 bits per heavy atom. The summed E-state index contributed by atoms with van der Waals surface area (Å²) in [5.74, 6) is -0.517. The fourth-order valence-electron chi connectivity index (χ4n) is 4.01. The van der Waals surface area contributed by atoms with E-state index in [0.717, 1.165) is 11.1 Å². The van der Waals surface area contributed by atoms with E-state index < -0.39 is 16.1 Å². The fraction of sp³-hybridized carbons (Fsp3) is 0.391. The maximum absolute atomic E-state index is 13.0. The van der Waals surface area contributed by atoms with Crippen molar-refractivity contribution in [3.8, 4) is 0 Å². The molecule has 1 N–H and O–H groups in total. The van der Waals surface area contributed by atoms with Crippen LogP contribution in [0.3, 0.4) is 0 Å². The summed E-state index contributed by atoms with van der Waals surface area (Å²) in [6, 6.07) is 11.8. The van der Waals surface area contributed by atoms with Gasteiger partial charge in [0.2, 0.25) is 21.8 Å². The number of carbonyl (C=O) groups is 2. The van der Waals surface area contributed by atoms with Crippen LogP contribution in [0.25, 0.3) is 0 Å². The van der Waals surface area contributed by atoms with Gasteiger partial charge in [0.1, 0.15) is 6.04 Å². The summed E-state index contributed by atoms with van der Waals surface area (Å²) in [7, 11) is -3.62. The number of anilines is 1. The van der Waals surface area contributed by atoms with Crippen LogP contribution >= 0.6 is 0 Å². The predicted molar refractivity (Wildman–Crippen MR) is 120 cm³/mol. The topological polar surface area (TPSA) is 86.8 Å². The van der Waals surface area contributed by atoms with Gasteiger partial charge in [-0.25, -0.2) is 8.42 Å². The highest BCUT2D eigenvalue weighted by Gasteiger charge is 2.38. The second-order valence-corrected chi connectivity index (χ2v) is 9.57. The standard InChI is InChI=1S/C23H29N3O4S/c1-5-25(6-2)31(29,30)20-11-12-21-19(13-20)14-22(26(21)17(4)27)23(28)24-15-18-10-8-7-9-16(18)3/h7-13,22H,5-6,14-15H2,1-4H3,(H,24,28)/t22-/m1/s1. The number of hydrogen-bond acceptors (Lipinski definition) is 4. The van der Waals surface area contributed by atoms with Crippen molar-refractivity contribution in [2.45, 2.75) is 51.6 Å². The van der Waals surface area contributed by atoms with E-state index in [1.165, 1.54) is 22.2 Å². The van der Waals surface area contributed by atoms with E-state index >= 15 is 0 Å². The molecule has 0 aromatic heterocycles. The Morgan fingerprint density at radius 2 is 1.81 bits per heavy atom. The molecule has 166 valence electrons. The molecule has 0 aliphatic carbocycles. The minimum Gasteiger partial charge on any atom is -0.350 e. The van der Waals surface area contributed by atoms with Gasteiger partial charge in [-0.05, 0) is 41.8 Å². The second-order valence-electron chi connectivity index (χ2n) is 7.63. The van der Waals surface area contributed by atoms with Gasteiger partial charge in [0.25, 0.3) is 0 Å². The summed E-state index contributed by atoms with van der Waals surface area (Å²) in [5.41, 5.74) is 3.35. The van der Waals surface area contributed by atoms with Gasteiger partial charge in [-0.1, -0.05) is 38.1 Å². The first-order valence-electron chi connectivity index (χ1n) is 10.5. The summed E-state index contributed by atoms with van der Waals surface area (Å²) in [4.78, 5) is 27.0. The average Bonchev–Trinajstić information content (AvgIpc) is 3.13. The van der Waals surface area contributed by atoms with Gasteiger partial charge in [-0.15, -0.1) is 0 Å². The van der Waals surface area contributed by atoms with Crippen molar-refractivity contribution in [1.82, 2.24) is 9.62 Å². The molecule has 0 saturated heterocycles. The molecule has 3 rings (SSSR count). The van der Waals surface area contributed by atoms with E-state index in [-0.39, 0.29) is 23.1 Å². The van der Waals surface area contributed by atoms with Crippen LogP contribution in [0.4, 0.5) is 5.69 Å². The summed E-state index contributed by atoms with van der Waals surface area (Å²) in [5, 5.41) is 2.92. The van der Waals surface area contributed by atoms with Crippen LogP contribution in [0.1, 0.15) is 37.5 Å². The molecule has 2 aromatic carbocycles. The quantitative estimate of drug-likeness (QED) is 0.713. The molecule has 31 heavy (non-hydrogen) atoms. The van der Waals surface area contributed by atoms with E-state index in [0.29, 0.717) is 30.9 Å². The molecular formula is C23H29N3O4S. The number of nitrogens with zero attached hydrogens (tertiary/aromatic N) is 2. The average molecular weight is 444 g/mol. The lowest BCUT2D eigenvalue weighted by Gasteiger charge is -2.24. The van der Waals surface area contributed by atoms with E-state index in [1.54, 1.807) is 26.0 Å². The second kappa shape index (κ2) is 9.20. The Balaban J connectivity index is 1.85. The molecular weight excluding hydrogens is 414 g/mol. The molecule has 0 fully saturated rings. The monoisotopic (exact) mass is 443 g/mol. The van der Waals surface area contributed by atoms with Crippen molar-refractivity contribution in [2.24, 2.45) is 0 Å². The van der Waals surface area contributed by atoms with E-state index in [9.17, 15) is 18.0 Å². The third-order valence-corrected chi connectivity index (χ3v) is 7.78. The number of aryl methyl sites for hydroxylation is 1. The molecule has 2 aromatic rings. The molecule has 1 aliphatic heterocycles. The Bertz CT molecular complexity index is 1090. The lowest BCUT2D eigenvalue weighted by Crippen LogP contribution is -2.47. The van der Waals surface area contributed by atoms with E-state index in [2.05, 4.69) is 5.32 Å². The molecule has 2 amide bonds. The smallest absolute Gasteiger partial charge is 0.243 e. The lowest BCUT2D eigenvalue weighted by atomic mass is 10.1. The maximum Gasteiger partial charge on any atom is 0.243 e. The Kier molecular flexibility index (Phi) is 6.81. The molecule has 7 nitrogen and oxygen atoms in total. The summed E-state index contributed by atoms with van der Waals surface area (Å²) < 4.78 is 27.2. The Morgan fingerprint density at radius 3 is 2.42 bits per heavy atom. The molecule has 1 aliphatic rings. The van der Waals surface area contributed by atoms with E-state index in [4.69, 9.17) is 0 Å². The Labute approximate surface area is 184 Å². The van der Waals surface area contributed by atoms with Gasteiger partial charge < -0.3 is 5.32 Å². The van der Waals surface area contributed by atoms with Crippen molar-refractivity contribution in [3.63, 3.8) is 0 Å². The minimum absolute atomic E-state index is 0.180. The zero-order valence-corrected chi connectivity index (χ0v) is 19.2. The molecule has 0 radical (unpaired) electrons. The first-order valence-corrected chi connectivity index (χ1v) is 11.9.